The third kappa shape index (κ3) is 5.82. The summed E-state index contributed by atoms with van der Waals surface area (Å²) >= 11 is 7.08. The van der Waals surface area contributed by atoms with Crippen molar-refractivity contribution in [3.05, 3.63) is 77.9 Å². The lowest BCUT2D eigenvalue weighted by molar-refractivity contribution is -0.113. The number of carbonyl (C=O) groups is 1. The van der Waals surface area contributed by atoms with E-state index in [1.54, 1.807) is 53.1 Å². The number of halogens is 2. The zero-order valence-corrected chi connectivity index (χ0v) is 16.9. The molecule has 0 fully saturated rings. The number of nitrogens with one attached hydrogen (secondary N) is 1. The van der Waals surface area contributed by atoms with Gasteiger partial charge in [-0.2, -0.15) is 0 Å². The molecule has 0 aliphatic rings. The molecule has 0 spiro atoms. The number of hydrogen-bond donors (Lipinski definition) is 1. The van der Waals surface area contributed by atoms with Crippen LogP contribution in [-0.4, -0.2) is 26.4 Å². The van der Waals surface area contributed by atoms with Crippen molar-refractivity contribution in [1.29, 1.82) is 0 Å². The smallest absolute Gasteiger partial charge is 0.234 e. The van der Waals surface area contributed by atoms with Crippen molar-refractivity contribution >= 4 is 35.0 Å². The van der Waals surface area contributed by atoms with Gasteiger partial charge in [0.25, 0.3) is 0 Å². The summed E-state index contributed by atoms with van der Waals surface area (Å²) in [6.07, 6.45) is 1.69. The Labute approximate surface area is 176 Å². The molecule has 9 heteroatoms. The maximum absolute atomic E-state index is 13.7. The SMILES string of the molecule is C=CCn1c(COc2ccccc2F)nnc1SCC(=O)Nc1ccc(Cl)cc1. The van der Waals surface area contributed by atoms with Crippen LogP contribution in [-0.2, 0) is 17.9 Å². The average molecular weight is 433 g/mol. The molecule has 1 N–H and O–H groups in total. The zero-order valence-electron chi connectivity index (χ0n) is 15.3. The van der Waals surface area contributed by atoms with E-state index in [9.17, 15) is 9.18 Å². The molecular weight excluding hydrogens is 415 g/mol. The third-order valence-electron chi connectivity index (χ3n) is 3.76. The second-order valence-electron chi connectivity index (χ2n) is 5.86. The van der Waals surface area contributed by atoms with Gasteiger partial charge in [0, 0.05) is 17.3 Å². The lowest BCUT2D eigenvalue weighted by atomic mass is 10.3. The van der Waals surface area contributed by atoms with Crippen molar-refractivity contribution in [2.75, 3.05) is 11.1 Å². The molecule has 0 aliphatic heterocycles. The molecule has 0 saturated heterocycles. The molecule has 29 heavy (non-hydrogen) atoms. The minimum absolute atomic E-state index is 0.0410. The second-order valence-corrected chi connectivity index (χ2v) is 7.24. The Kier molecular flexibility index (Phi) is 7.26. The number of anilines is 1. The highest BCUT2D eigenvalue weighted by Crippen LogP contribution is 2.21. The predicted octanol–water partition coefficient (Wildman–Crippen LogP) is 4.57. The summed E-state index contributed by atoms with van der Waals surface area (Å²) < 4.78 is 21.0. The largest absolute Gasteiger partial charge is 0.483 e. The number of allylic oxidation sites excluding steroid dienone is 1. The van der Waals surface area contributed by atoms with Gasteiger partial charge in [0.05, 0.1) is 5.75 Å². The summed E-state index contributed by atoms with van der Waals surface area (Å²) in [4.78, 5) is 12.2. The third-order valence-corrected chi connectivity index (χ3v) is 4.98. The van der Waals surface area contributed by atoms with Crippen molar-refractivity contribution in [3.63, 3.8) is 0 Å². The Morgan fingerprint density at radius 1 is 1.24 bits per heavy atom. The molecular formula is C20H18ClFN4O2S. The normalized spacial score (nSPS) is 10.6. The van der Waals surface area contributed by atoms with Crippen molar-refractivity contribution in [2.45, 2.75) is 18.3 Å². The van der Waals surface area contributed by atoms with E-state index < -0.39 is 5.82 Å². The van der Waals surface area contributed by atoms with Crippen LogP contribution in [0.15, 0.2) is 66.3 Å². The molecule has 3 rings (SSSR count). The van der Waals surface area contributed by atoms with Gasteiger partial charge in [0.15, 0.2) is 22.5 Å². The summed E-state index contributed by atoms with van der Waals surface area (Å²) in [7, 11) is 0. The fraction of sp³-hybridized carbons (Fsp3) is 0.150. The van der Waals surface area contributed by atoms with E-state index in [0.29, 0.717) is 28.2 Å². The molecule has 1 heterocycles. The second kappa shape index (κ2) is 10.1. The van der Waals surface area contributed by atoms with Gasteiger partial charge in [0.1, 0.15) is 6.61 Å². The molecule has 1 amide bonds. The van der Waals surface area contributed by atoms with Gasteiger partial charge in [-0.15, -0.1) is 16.8 Å². The van der Waals surface area contributed by atoms with E-state index in [-0.39, 0.29) is 24.0 Å². The average Bonchev–Trinajstić information content (AvgIpc) is 3.09. The number of amides is 1. The molecule has 6 nitrogen and oxygen atoms in total. The van der Waals surface area contributed by atoms with E-state index in [0.717, 1.165) is 0 Å². The molecule has 150 valence electrons. The van der Waals surface area contributed by atoms with Gasteiger partial charge in [-0.25, -0.2) is 4.39 Å². The molecule has 3 aromatic rings. The number of carbonyl (C=O) groups excluding carboxylic acids is 1. The first-order valence-corrected chi connectivity index (χ1v) is 10.0. The minimum Gasteiger partial charge on any atom is -0.483 e. The number of ether oxygens (including phenoxy) is 1. The van der Waals surface area contributed by atoms with Crippen LogP contribution >= 0.6 is 23.4 Å². The van der Waals surface area contributed by atoms with E-state index in [1.165, 1.54) is 17.8 Å². The lowest BCUT2D eigenvalue weighted by Crippen LogP contribution is -2.15. The van der Waals surface area contributed by atoms with Crippen LogP contribution in [0.3, 0.4) is 0 Å². The Bertz CT molecular complexity index is 994. The topological polar surface area (TPSA) is 69.0 Å². The molecule has 0 atom stereocenters. The Morgan fingerprint density at radius 2 is 2.00 bits per heavy atom. The highest BCUT2D eigenvalue weighted by Gasteiger charge is 2.15. The van der Waals surface area contributed by atoms with Crippen LogP contribution in [0, 0.1) is 5.82 Å². The van der Waals surface area contributed by atoms with E-state index in [1.807, 2.05) is 0 Å². The van der Waals surface area contributed by atoms with E-state index in [4.69, 9.17) is 16.3 Å². The fourth-order valence-electron chi connectivity index (χ4n) is 2.41. The maximum atomic E-state index is 13.7. The van der Waals surface area contributed by atoms with Crippen molar-refractivity contribution in [3.8, 4) is 5.75 Å². The summed E-state index contributed by atoms with van der Waals surface area (Å²) in [5.41, 5.74) is 0.659. The first-order chi connectivity index (χ1) is 14.1. The van der Waals surface area contributed by atoms with E-state index in [2.05, 4.69) is 22.1 Å². The van der Waals surface area contributed by atoms with Crippen molar-refractivity contribution < 1.29 is 13.9 Å². The quantitative estimate of drug-likeness (QED) is 0.396. The number of benzene rings is 2. The van der Waals surface area contributed by atoms with Crippen molar-refractivity contribution in [1.82, 2.24) is 14.8 Å². The molecule has 0 bridgehead atoms. The first kappa shape index (κ1) is 20.9. The Hall–Kier alpha value is -2.84. The number of para-hydroxylation sites is 1. The monoisotopic (exact) mass is 432 g/mol. The summed E-state index contributed by atoms with van der Waals surface area (Å²) in [6.45, 7) is 4.21. The maximum Gasteiger partial charge on any atom is 0.234 e. The van der Waals surface area contributed by atoms with Crippen LogP contribution in [0.5, 0.6) is 5.75 Å². The number of thioether (sulfide) groups is 1. The van der Waals surface area contributed by atoms with Crippen LogP contribution in [0.2, 0.25) is 5.02 Å². The molecule has 0 radical (unpaired) electrons. The predicted molar refractivity (Wildman–Crippen MR) is 112 cm³/mol. The van der Waals surface area contributed by atoms with Gasteiger partial charge in [0.2, 0.25) is 5.91 Å². The summed E-state index contributed by atoms with van der Waals surface area (Å²) in [5, 5.41) is 12.1. The Morgan fingerprint density at radius 3 is 2.72 bits per heavy atom. The van der Waals surface area contributed by atoms with Gasteiger partial charge in [-0.3, -0.25) is 9.36 Å². The number of hydrogen-bond acceptors (Lipinski definition) is 5. The van der Waals surface area contributed by atoms with Crippen molar-refractivity contribution in [2.24, 2.45) is 0 Å². The highest BCUT2D eigenvalue weighted by atomic mass is 35.5. The molecule has 0 saturated carbocycles. The van der Waals surface area contributed by atoms with Gasteiger partial charge >= 0.3 is 0 Å². The van der Waals surface area contributed by atoms with E-state index >= 15 is 0 Å². The standard InChI is InChI=1S/C20H18ClFN4O2S/c1-2-11-26-18(12-28-17-6-4-3-5-16(17)22)24-25-20(26)29-13-19(27)23-15-9-7-14(21)8-10-15/h2-10H,1,11-13H2,(H,23,27). The van der Waals surface area contributed by atoms with Gasteiger partial charge < -0.3 is 10.1 Å². The summed E-state index contributed by atoms with van der Waals surface area (Å²) in [5.74, 6) is 0.155. The molecule has 2 aromatic carbocycles. The first-order valence-electron chi connectivity index (χ1n) is 8.65. The molecule has 0 unspecified atom stereocenters. The number of aromatic nitrogens is 3. The van der Waals surface area contributed by atoms with Gasteiger partial charge in [-0.1, -0.05) is 41.6 Å². The number of rotatable bonds is 9. The zero-order chi connectivity index (χ0) is 20.6. The molecule has 1 aromatic heterocycles. The van der Waals surface area contributed by atoms with Crippen LogP contribution in [0.4, 0.5) is 10.1 Å². The Balaban J connectivity index is 1.61. The lowest BCUT2D eigenvalue weighted by Gasteiger charge is -2.10. The summed E-state index contributed by atoms with van der Waals surface area (Å²) in [6, 6.07) is 13.0. The number of nitrogens with zero attached hydrogens (tertiary/aromatic N) is 3. The molecule has 0 aliphatic carbocycles. The van der Waals surface area contributed by atoms with Crippen LogP contribution < -0.4 is 10.1 Å². The minimum atomic E-state index is -0.448. The van der Waals surface area contributed by atoms with Gasteiger partial charge in [-0.05, 0) is 36.4 Å². The van der Waals surface area contributed by atoms with Crippen LogP contribution in [0.25, 0.3) is 0 Å². The highest BCUT2D eigenvalue weighted by molar-refractivity contribution is 7.99. The van der Waals surface area contributed by atoms with Crippen LogP contribution in [0.1, 0.15) is 5.82 Å². The fourth-order valence-corrected chi connectivity index (χ4v) is 3.30.